The average molecular weight is 339 g/mol. The maximum atomic E-state index is 12.4. The molecule has 0 bridgehead atoms. The number of carbonyl (C=O) groups excluding carboxylic acids is 1. The Morgan fingerprint density at radius 3 is 2.88 bits per heavy atom. The summed E-state index contributed by atoms with van der Waals surface area (Å²) in [5.41, 5.74) is 2.22. The summed E-state index contributed by atoms with van der Waals surface area (Å²) in [5, 5.41) is 0. The molecule has 0 saturated carbocycles. The first-order valence-electron chi connectivity index (χ1n) is 8.99. The molecule has 3 rings (SSSR count). The Balaban J connectivity index is 1.40. The van der Waals surface area contributed by atoms with Crippen LogP contribution in [0.4, 0.5) is 0 Å². The topological polar surface area (TPSA) is 55.3 Å². The van der Waals surface area contributed by atoms with Gasteiger partial charge in [-0.25, -0.2) is 0 Å². The molecule has 1 atom stereocenters. The van der Waals surface area contributed by atoms with E-state index in [9.17, 15) is 4.79 Å². The van der Waals surface area contributed by atoms with Gasteiger partial charge in [0, 0.05) is 38.1 Å². The largest absolute Gasteiger partial charge is 0.375 e. The lowest BCUT2D eigenvalue weighted by molar-refractivity contribution is -0.139. The van der Waals surface area contributed by atoms with Crippen LogP contribution in [0.1, 0.15) is 30.5 Å². The fraction of sp³-hybridized carbons (Fsp3) is 0.450. The number of carbonyl (C=O) groups is 1. The highest BCUT2D eigenvalue weighted by Gasteiger charge is 2.23. The number of benzene rings is 1. The van der Waals surface area contributed by atoms with Crippen LogP contribution in [0.15, 0.2) is 48.9 Å². The van der Waals surface area contributed by atoms with Crippen LogP contribution >= 0.6 is 0 Å². The minimum absolute atomic E-state index is 0.151. The van der Waals surface area contributed by atoms with Gasteiger partial charge in [-0.3, -0.25) is 14.8 Å². The molecular formula is C20H25N3O2. The van der Waals surface area contributed by atoms with Crippen molar-refractivity contribution in [2.75, 3.05) is 19.7 Å². The smallest absolute Gasteiger partial charge is 0.223 e. The van der Waals surface area contributed by atoms with Crippen molar-refractivity contribution >= 4 is 5.91 Å². The number of hydrogen-bond acceptors (Lipinski definition) is 4. The second kappa shape index (κ2) is 9.28. The second-order valence-electron chi connectivity index (χ2n) is 6.41. The summed E-state index contributed by atoms with van der Waals surface area (Å²) in [4.78, 5) is 22.6. The van der Waals surface area contributed by atoms with E-state index in [4.69, 9.17) is 4.74 Å². The van der Waals surface area contributed by atoms with E-state index in [1.165, 1.54) is 5.56 Å². The molecule has 132 valence electrons. The zero-order valence-electron chi connectivity index (χ0n) is 14.5. The molecule has 1 aliphatic rings. The van der Waals surface area contributed by atoms with Crippen LogP contribution in [0.2, 0.25) is 0 Å². The van der Waals surface area contributed by atoms with Crippen molar-refractivity contribution in [3.05, 3.63) is 60.2 Å². The van der Waals surface area contributed by atoms with Crippen molar-refractivity contribution in [1.29, 1.82) is 0 Å². The van der Waals surface area contributed by atoms with E-state index in [2.05, 4.69) is 34.2 Å². The maximum Gasteiger partial charge on any atom is 0.223 e. The van der Waals surface area contributed by atoms with Crippen molar-refractivity contribution in [3.63, 3.8) is 0 Å². The van der Waals surface area contributed by atoms with Crippen molar-refractivity contribution in [2.24, 2.45) is 0 Å². The lowest BCUT2D eigenvalue weighted by Crippen LogP contribution is -2.45. The fourth-order valence-corrected chi connectivity index (χ4v) is 3.15. The Labute approximate surface area is 149 Å². The molecule has 5 nitrogen and oxygen atoms in total. The standard InChI is InChI=1S/C20H25N3O2/c24-20(10-9-18-15-21-11-12-22-18)23-13-14-25-19(16-23)8-4-7-17-5-2-1-3-6-17/h1-3,5-6,11-12,15,19H,4,7-10,13-14,16H2/t19-/m0/s1. The number of hydrogen-bond donors (Lipinski definition) is 0. The van der Waals surface area contributed by atoms with E-state index in [0.29, 0.717) is 32.5 Å². The molecule has 0 spiro atoms. The molecule has 2 heterocycles. The molecule has 1 fully saturated rings. The first kappa shape index (κ1) is 17.5. The van der Waals surface area contributed by atoms with E-state index in [1.807, 2.05) is 11.0 Å². The van der Waals surface area contributed by atoms with Gasteiger partial charge in [0.05, 0.1) is 18.4 Å². The lowest BCUT2D eigenvalue weighted by atomic mass is 10.0. The minimum Gasteiger partial charge on any atom is -0.375 e. The van der Waals surface area contributed by atoms with Gasteiger partial charge in [0.1, 0.15) is 0 Å². The summed E-state index contributed by atoms with van der Waals surface area (Å²) >= 11 is 0. The van der Waals surface area contributed by atoms with Gasteiger partial charge in [-0.1, -0.05) is 30.3 Å². The molecule has 25 heavy (non-hydrogen) atoms. The maximum absolute atomic E-state index is 12.4. The van der Waals surface area contributed by atoms with Gasteiger partial charge in [-0.15, -0.1) is 0 Å². The average Bonchev–Trinajstić information content (AvgIpc) is 2.68. The van der Waals surface area contributed by atoms with Crippen LogP contribution < -0.4 is 0 Å². The summed E-state index contributed by atoms with van der Waals surface area (Å²) in [5.74, 6) is 0.182. The SMILES string of the molecule is O=C(CCc1cnccn1)N1CCO[C@@H](CCCc2ccccc2)C1. The van der Waals surface area contributed by atoms with E-state index in [1.54, 1.807) is 18.6 Å². The third-order valence-electron chi connectivity index (χ3n) is 4.54. The molecule has 0 N–H and O–H groups in total. The van der Waals surface area contributed by atoms with Gasteiger partial charge >= 0.3 is 0 Å². The number of aromatic nitrogens is 2. The predicted octanol–water partition coefficient (Wildman–Crippen LogP) is 2.66. The van der Waals surface area contributed by atoms with Gasteiger partial charge in [-0.2, -0.15) is 0 Å². The summed E-state index contributed by atoms with van der Waals surface area (Å²) in [7, 11) is 0. The predicted molar refractivity (Wildman–Crippen MR) is 96.1 cm³/mol. The zero-order chi connectivity index (χ0) is 17.3. The highest BCUT2D eigenvalue weighted by molar-refractivity contribution is 5.76. The van der Waals surface area contributed by atoms with Gasteiger partial charge in [0.2, 0.25) is 5.91 Å². The van der Waals surface area contributed by atoms with Crippen LogP contribution in [0.3, 0.4) is 0 Å². The molecule has 1 aliphatic heterocycles. The Bertz CT molecular complexity index is 649. The van der Waals surface area contributed by atoms with Gasteiger partial charge in [0.15, 0.2) is 0 Å². The van der Waals surface area contributed by atoms with Crippen molar-refractivity contribution in [3.8, 4) is 0 Å². The Morgan fingerprint density at radius 2 is 2.08 bits per heavy atom. The zero-order valence-corrected chi connectivity index (χ0v) is 14.5. The summed E-state index contributed by atoms with van der Waals surface area (Å²) < 4.78 is 5.84. The first-order chi connectivity index (χ1) is 12.3. The lowest BCUT2D eigenvalue weighted by Gasteiger charge is -2.33. The number of aryl methyl sites for hydroxylation is 2. The molecule has 2 aromatic rings. The molecular weight excluding hydrogens is 314 g/mol. The second-order valence-corrected chi connectivity index (χ2v) is 6.41. The number of morpholine rings is 1. The van der Waals surface area contributed by atoms with Crippen molar-refractivity contribution in [2.45, 2.75) is 38.2 Å². The quantitative estimate of drug-likeness (QED) is 0.778. The van der Waals surface area contributed by atoms with E-state index >= 15 is 0 Å². The molecule has 1 aromatic carbocycles. The number of nitrogens with zero attached hydrogens (tertiary/aromatic N) is 3. The number of amides is 1. The highest BCUT2D eigenvalue weighted by atomic mass is 16.5. The molecule has 1 amide bonds. The van der Waals surface area contributed by atoms with Crippen LogP contribution in [0, 0.1) is 0 Å². The van der Waals surface area contributed by atoms with Crippen LogP contribution in [-0.2, 0) is 22.4 Å². The third-order valence-corrected chi connectivity index (χ3v) is 4.54. The van der Waals surface area contributed by atoms with Gasteiger partial charge in [0.25, 0.3) is 0 Å². The number of rotatable bonds is 7. The minimum atomic E-state index is 0.151. The summed E-state index contributed by atoms with van der Waals surface area (Å²) in [6, 6.07) is 10.5. The van der Waals surface area contributed by atoms with E-state index in [-0.39, 0.29) is 12.0 Å². The van der Waals surface area contributed by atoms with Gasteiger partial charge in [-0.05, 0) is 31.2 Å². The molecule has 0 aliphatic carbocycles. The Hall–Kier alpha value is -2.27. The molecule has 0 unspecified atom stereocenters. The van der Waals surface area contributed by atoms with Crippen molar-refractivity contribution < 1.29 is 9.53 Å². The van der Waals surface area contributed by atoms with Crippen molar-refractivity contribution in [1.82, 2.24) is 14.9 Å². The summed E-state index contributed by atoms with van der Waals surface area (Å²) in [6.07, 6.45) is 9.43. The van der Waals surface area contributed by atoms with Gasteiger partial charge < -0.3 is 9.64 Å². The normalized spacial score (nSPS) is 17.4. The third kappa shape index (κ3) is 5.64. The van der Waals surface area contributed by atoms with E-state index in [0.717, 1.165) is 25.0 Å². The van der Waals surface area contributed by atoms with E-state index < -0.39 is 0 Å². The van der Waals surface area contributed by atoms with Crippen LogP contribution in [0.25, 0.3) is 0 Å². The fourth-order valence-electron chi connectivity index (χ4n) is 3.15. The Kier molecular flexibility index (Phi) is 6.51. The molecule has 0 radical (unpaired) electrons. The van der Waals surface area contributed by atoms with Crippen LogP contribution in [0.5, 0.6) is 0 Å². The molecule has 1 saturated heterocycles. The van der Waals surface area contributed by atoms with Crippen LogP contribution in [-0.4, -0.2) is 46.6 Å². The molecule has 5 heteroatoms. The summed E-state index contributed by atoms with van der Waals surface area (Å²) in [6.45, 7) is 2.02. The Morgan fingerprint density at radius 1 is 1.20 bits per heavy atom. The monoisotopic (exact) mass is 339 g/mol. The molecule has 1 aromatic heterocycles. The highest BCUT2D eigenvalue weighted by Crippen LogP contribution is 2.14. The number of ether oxygens (including phenoxy) is 1. The first-order valence-corrected chi connectivity index (χ1v) is 8.99.